The average molecular weight is 236 g/mol. The van der Waals surface area contributed by atoms with Gasteiger partial charge in [0, 0.05) is 7.05 Å². The van der Waals surface area contributed by atoms with Crippen molar-refractivity contribution in [3.05, 3.63) is 18.4 Å². The number of aryl methyl sites for hydroxylation is 1. The highest BCUT2D eigenvalue weighted by atomic mass is 16.5. The van der Waals surface area contributed by atoms with Crippen LogP contribution in [0.1, 0.15) is 19.7 Å². The highest BCUT2D eigenvalue weighted by molar-refractivity contribution is 5.46. The minimum absolute atomic E-state index is 0.169. The Kier molecular flexibility index (Phi) is 3.23. The Morgan fingerprint density at radius 2 is 2.24 bits per heavy atom. The molecule has 0 aliphatic rings. The Balaban J connectivity index is 2.14. The van der Waals surface area contributed by atoms with Gasteiger partial charge in [0.15, 0.2) is 0 Å². The summed E-state index contributed by atoms with van der Waals surface area (Å²) in [6, 6.07) is 0. The molecule has 0 bridgehead atoms. The van der Waals surface area contributed by atoms with Crippen molar-refractivity contribution < 1.29 is 9.63 Å². The number of hydrogen-bond acceptors (Lipinski definition) is 5. The van der Waals surface area contributed by atoms with Crippen LogP contribution in [-0.2, 0) is 13.5 Å². The summed E-state index contributed by atoms with van der Waals surface area (Å²) in [6.07, 6.45) is 3.26. The van der Waals surface area contributed by atoms with Gasteiger partial charge in [-0.3, -0.25) is 0 Å². The molecule has 0 spiro atoms. The maximum atomic E-state index is 9.73. The second-order valence-corrected chi connectivity index (χ2v) is 4.42. The Bertz CT molecular complexity index is 489. The summed E-state index contributed by atoms with van der Waals surface area (Å²) in [7, 11) is 1.86. The highest BCUT2D eigenvalue weighted by Crippen LogP contribution is 2.15. The number of aromatic nitrogens is 4. The molecule has 92 valence electrons. The molecule has 0 fully saturated rings. The third-order valence-corrected chi connectivity index (χ3v) is 2.67. The molecule has 17 heavy (non-hydrogen) atoms. The molecule has 1 atom stereocenters. The van der Waals surface area contributed by atoms with E-state index < -0.39 is 6.10 Å². The quantitative estimate of drug-likeness (QED) is 0.857. The molecule has 0 aliphatic carbocycles. The lowest BCUT2D eigenvalue weighted by molar-refractivity contribution is 0.116. The van der Waals surface area contributed by atoms with Crippen LogP contribution in [0.5, 0.6) is 0 Å². The van der Waals surface area contributed by atoms with E-state index in [1.807, 2.05) is 25.5 Å². The normalized spacial score (nSPS) is 13.2. The van der Waals surface area contributed by atoms with E-state index in [0.717, 1.165) is 5.69 Å². The fourth-order valence-corrected chi connectivity index (χ4v) is 1.43. The lowest BCUT2D eigenvalue weighted by Crippen LogP contribution is -2.17. The standard InChI is InChI=1S/C11H16N4O2/c1-7(2)9(16)4-10-13-11(14-17-10)8-5-12-6-15(8)3/h5-7,9,16H,4H2,1-3H3. The molecule has 0 aliphatic heterocycles. The van der Waals surface area contributed by atoms with Crippen LogP contribution in [-0.4, -0.2) is 30.9 Å². The monoisotopic (exact) mass is 236 g/mol. The third-order valence-electron chi connectivity index (χ3n) is 2.67. The lowest BCUT2D eigenvalue weighted by Gasteiger charge is -2.10. The summed E-state index contributed by atoms with van der Waals surface area (Å²) in [5.41, 5.74) is 0.791. The Morgan fingerprint density at radius 1 is 1.47 bits per heavy atom. The molecule has 0 amide bonds. The van der Waals surface area contributed by atoms with Gasteiger partial charge in [0.25, 0.3) is 0 Å². The molecule has 2 aromatic rings. The molecule has 0 radical (unpaired) electrons. The van der Waals surface area contributed by atoms with Gasteiger partial charge in [-0.15, -0.1) is 0 Å². The highest BCUT2D eigenvalue weighted by Gasteiger charge is 2.16. The summed E-state index contributed by atoms with van der Waals surface area (Å²) in [5, 5.41) is 13.6. The van der Waals surface area contributed by atoms with E-state index in [9.17, 15) is 5.11 Å². The second-order valence-electron chi connectivity index (χ2n) is 4.42. The zero-order chi connectivity index (χ0) is 12.4. The average Bonchev–Trinajstić information content (AvgIpc) is 2.86. The maximum Gasteiger partial charge on any atom is 0.229 e. The predicted molar refractivity (Wildman–Crippen MR) is 61.0 cm³/mol. The van der Waals surface area contributed by atoms with E-state index >= 15 is 0 Å². The minimum atomic E-state index is -0.463. The molecule has 2 rings (SSSR count). The van der Waals surface area contributed by atoms with Gasteiger partial charge in [-0.25, -0.2) is 4.98 Å². The van der Waals surface area contributed by atoms with E-state index in [1.165, 1.54) is 0 Å². The van der Waals surface area contributed by atoms with Crippen molar-refractivity contribution in [2.75, 3.05) is 0 Å². The number of rotatable bonds is 4. The molecule has 1 N–H and O–H groups in total. The van der Waals surface area contributed by atoms with E-state index in [1.54, 1.807) is 12.5 Å². The molecular weight excluding hydrogens is 220 g/mol. The molecule has 0 aromatic carbocycles. The topological polar surface area (TPSA) is 77.0 Å². The first kappa shape index (κ1) is 11.8. The van der Waals surface area contributed by atoms with E-state index in [-0.39, 0.29) is 5.92 Å². The van der Waals surface area contributed by atoms with Gasteiger partial charge < -0.3 is 14.2 Å². The fourth-order valence-electron chi connectivity index (χ4n) is 1.43. The van der Waals surface area contributed by atoms with E-state index in [2.05, 4.69) is 15.1 Å². The van der Waals surface area contributed by atoms with Gasteiger partial charge in [0.1, 0.15) is 5.69 Å². The van der Waals surface area contributed by atoms with Crippen molar-refractivity contribution in [2.45, 2.75) is 26.4 Å². The van der Waals surface area contributed by atoms with Crippen molar-refractivity contribution in [1.82, 2.24) is 19.7 Å². The minimum Gasteiger partial charge on any atom is -0.392 e. The van der Waals surface area contributed by atoms with Crippen LogP contribution in [0.4, 0.5) is 0 Å². The Labute approximate surface area is 99.3 Å². The maximum absolute atomic E-state index is 9.73. The summed E-state index contributed by atoms with van der Waals surface area (Å²) < 4.78 is 6.92. The van der Waals surface area contributed by atoms with Crippen LogP contribution in [0.3, 0.4) is 0 Å². The molecule has 2 aromatic heterocycles. The van der Waals surface area contributed by atoms with Crippen molar-refractivity contribution in [2.24, 2.45) is 13.0 Å². The first-order valence-electron chi connectivity index (χ1n) is 5.55. The largest absolute Gasteiger partial charge is 0.392 e. The van der Waals surface area contributed by atoms with Gasteiger partial charge in [-0.1, -0.05) is 19.0 Å². The molecule has 6 nitrogen and oxygen atoms in total. The van der Waals surface area contributed by atoms with Crippen molar-refractivity contribution in [1.29, 1.82) is 0 Å². The Hall–Kier alpha value is -1.69. The zero-order valence-corrected chi connectivity index (χ0v) is 10.2. The first-order chi connectivity index (χ1) is 8.08. The number of aliphatic hydroxyl groups is 1. The summed E-state index contributed by atoms with van der Waals surface area (Å²) in [4.78, 5) is 8.23. The van der Waals surface area contributed by atoms with Gasteiger partial charge in [-0.2, -0.15) is 4.98 Å². The van der Waals surface area contributed by atoms with E-state index in [0.29, 0.717) is 18.1 Å². The summed E-state index contributed by atoms with van der Waals surface area (Å²) >= 11 is 0. The van der Waals surface area contributed by atoms with Gasteiger partial charge in [-0.05, 0) is 5.92 Å². The molecule has 1 unspecified atom stereocenters. The van der Waals surface area contributed by atoms with Gasteiger partial charge in [0.2, 0.25) is 11.7 Å². The Morgan fingerprint density at radius 3 is 2.82 bits per heavy atom. The van der Waals surface area contributed by atoms with Crippen LogP contribution in [0.15, 0.2) is 17.0 Å². The number of aliphatic hydroxyl groups excluding tert-OH is 1. The second kappa shape index (κ2) is 4.67. The fraction of sp³-hybridized carbons (Fsp3) is 0.545. The van der Waals surface area contributed by atoms with Crippen LogP contribution < -0.4 is 0 Å². The zero-order valence-electron chi connectivity index (χ0n) is 10.2. The molecule has 0 saturated carbocycles. The number of imidazole rings is 1. The van der Waals surface area contributed by atoms with Crippen molar-refractivity contribution >= 4 is 0 Å². The third kappa shape index (κ3) is 2.52. The molecular formula is C11H16N4O2. The SMILES string of the molecule is CC(C)C(O)Cc1nc(-c2cncn2C)no1. The van der Waals surface area contributed by atoms with Crippen LogP contribution >= 0.6 is 0 Å². The van der Waals surface area contributed by atoms with E-state index in [4.69, 9.17) is 4.52 Å². The molecule has 0 saturated heterocycles. The van der Waals surface area contributed by atoms with Gasteiger partial charge in [0.05, 0.1) is 25.0 Å². The van der Waals surface area contributed by atoms with Crippen LogP contribution in [0.2, 0.25) is 0 Å². The number of nitrogens with zero attached hydrogens (tertiary/aromatic N) is 4. The molecule has 2 heterocycles. The first-order valence-corrected chi connectivity index (χ1v) is 5.55. The van der Waals surface area contributed by atoms with Crippen molar-refractivity contribution in [3.8, 4) is 11.5 Å². The van der Waals surface area contributed by atoms with Crippen LogP contribution in [0.25, 0.3) is 11.5 Å². The number of hydrogen-bond donors (Lipinski definition) is 1. The summed E-state index contributed by atoms with van der Waals surface area (Å²) in [6.45, 7) is 3.89. The lowest BCUT2D eigenvalue weighted by atomic mass is 10.0. The smallest absolute Gasteiger partial charge is 0.229 e. The van der Waals surface area contributed by atoms with Gasteiger partial charge >= 0.3 is 0 Å². The predicted octanol–water partition coefficient (Wildman–Crippen LogP) is 1.03. The molecule has 6 heteroatoms. The van der Waals surface area contributed by atoms with Crippen molar-refractivity contribution in [3.63, 3.8) is 0 Å². The van der Waals surface area contributed by atoms with Crippen LogP contribution in [0, 0.1) is 5.92 Å². The summed E-state index contributed by atoms with van der Waals surface area (Å²) in [5.74, 6) is 1.11.